The second kappa shape index (κ2) is 10.8. The predicted molar refractivity (Wildman–Crippen MR) is 65.7 cm³/mol. The summed E-state index contributed by atoms with van der Waals surface area (Å²) in [6, 6.07) is 0.717. The van der Waals surface area contributed by atoms with Crippen molar-refractivity contribution in [3.8, 4) is 0 Å². The molecule has 0 aromatic rings. The number of hydrogen-bond acceptors (Lipinski definition) is 1. The maximum absolute atomic E-state index is 3.77. The molecule has 0 amide bonds. The summed E-state index contributed by atoms with van der Waals surface area (Å²) in [7, 11) is 0. The molecule has 0 fully saturated rings. The van der Waals surface area contributed by atoms with Crippen molar-refractivity contribution in [2.45, 2.75) is 64.8 Å². The van der Waals surface area contributed by atoms with Crippen molar-refractivity contribution in [2.75, 3.05) is 6.54 Å². The molecule has 0 aliphatic heterocycles. The Balaban J connectivity index is 3.45. The zero-order valence-electron chi connectivity index (χ0n) is 10.0. The van der Waals surface area contributed by atoms with Crippen LogP contribution >= 0.6 is 0 Å². The molecule has 0 radical (unpaired) electrons. The van der Waals surface area contributed by atoms with Crippen LogP contribution in [0.5, 0.6) is 0 Å². The van der Waals surface area contributed by atoms with E-state index in [9.17, 15) is 0 Å². The van der Waals surface area contributed by atoms with Crippen LogP contribution in [0.25, 0.3) is 0 Å². The Bertz CT molecular complexity index is 120. The third-order valence-electron chi connectivity index (χ3n) is 2.62. The molecule has 0 saturated carbocycles. The second-order valence-electron chi connectivity index (χ2n) is 3.97. The lowest BCUT2D eigenvalue weighted by Crippen LogP contribution is -2.28. The third kappa shape index (κ3) is 8.31. The fraction of sp³-hybridized carbons (Fsp3) is 0.846. The lowest BCUT2D eigenvalue weighted by molar-refractivity contribution is 0.444. The molecular weight excluding hydrogens is 170 g/mol. The maximum atomic E-state index is 3.77. The van der Waals surface area contributed by atoms with Gasteiger partial charge in [0, 0.05) is 6.04 Å². The first-order valence-corrected chi connectivity index (χ1v) is 6.19. The van der Waals surface area contributed by atoms with Crippen LogP contribution in [0.2, 0.25) is 0 Å². The number of nitrogens with one attached hydrogen (secondary N) is 1. The number of hydrogen-bond donors (Lipinski definition) is 1. The van der Waals surface area contributed by atoms with Crippen LogP contribution in [0.15, 0.2) is 12.7 Å². The summed E-state index contributed by atoms with van der Waals surface area (Å²) in [5, 5.41) is 3.55. The smallest absolute Gasteiger partial charge is 0.00698 e. The summed E-state index contributed by atoms with van der Waals surface area (Å²) >= 11 is 0. The van der Waals surface area contributed by atoms with E-state index >= 15 is 0 Å². The van der Waals surface area contributed by atoms with Crippen LogP contribution in [0.3, 0.4) is 0 Å². The highest BCUT2D eigenvalue weighted by Crippen LogP contribution is 2.09. The number of allylic oxidation sites excluding steroid dienone is 1. The van der Waals surface area contributed by atoms with Gasteiger partial charge in [0.15, 0.2) is 0 Å². The van der Waals surface area contributed by atoms with Crippen LogP contribution in [-0.2, 0) is 0 Å². The van der Waals surface area contributed by atoms with Crippen LogP contribution in [0.1, 0.15) is 58.8 Å². The van der Waals surface area contributed by atoms with E-state index in [0.29, 0.717) is 0 Å². The van der Waals surface area contributed by atoms with E-state index in [-0.39, 0.29) is 0 Å². The highest BCUT2D eigenvalue weighted by atomic mass is 14.9. The van der Waals surface area contributed by atoms with E-state index in [1.165, 1.54) is 38.5 Å². The van der Waals surface area contributed by atoms with E-state index in [1.807, 2.05) is 6.08 Å². The number of rotatable bonds is 10. The molecule has 0 heterocycles. The molecule has 0 saturated heterocycles. The minimum Gasteiger partial charge on any atom is -0.314 e. The first kappa shape index (κ1) is 13.7. The quantitative estimate of drug-likeness (QED) is 0.414. The van der Waals surface area contributed by atoms with Gasteiger partial charge in [0.25, 0.3) is 0 Å². The topological polar surface area (TPSA) is 12.0 Å². The number of unbranched alkanes of at least 4 members (excludes halogenated alkanes) is 3. The summed E-state index contributed by atoms with van der Waals surface area (Å²) < 4.78 is 0. The van der Waals surface area contributed by atoms with Gasteiger partial charge in [0.1, 0.15) is 0 Å². The first-order chi connectivity index (χ1) is 6.85. The van der Waals surface area contributed by atoms with Gasteiger partial charge < -0.3 is 5.32 Å². The molecule has 1 unspecified atom stereocenters. The van der Waals surface area contributed by atoms with E-state index in [2.05, 4.69) is 25.7 Å². The van der Waals surface area contributed by atoms with Crippen molar-refractivity contribution in [3.63, 3.8) is 0 Å². The second-order valence-corrected chi connectivity index (χ2v) is 3.97. The SMILES string of the molecule is C=CCCC(CCCCCC)NCC. The Morgan fingerprint density at radius 2 is 1.93 bits per heavy atom. The molecule has 1 N–H and O–H groups in total. The van der Waals surface area contributed by atoms with Crippen molar-refractivity contribution in [1.82, 2.24) is 5.32 Å². The molecule has 0 spiro atoms. The zero-order valence-corrected chi connectivity index (χ0v) is 10.0. The first-order valence-electron chi connectivity index (χ1n) is 6.19. The molecule has 0 aromatic heterocycles. The minimum atomic E-state index is 0.717. The molecule has 84 valence electrons. The summed E-state index contributed by atoms with van der Waals surface area (Å²) in [4.78, 5) is 0. The normalized spacial score (nSPS) is 12.7. The van der Waals surface area contributed by atoms with Crippen LogP contribution in [0, 0.1) is 0 Å². The van der Waals surface area contributed by atoms with Gasteiger partial charge in [-0.25, -0.2) is 0 Å². The lowest BCUT2D eigenvalue weighted by Gasteiger charge is -2.16. The highest BCUT2D eigenvalue weighted by molar-refractivity contribution is 4.73. The Hall–Kier alpha value is -0.300. The molecule has 0 aromatic carbocycles. The average Bonchev–Trinajstić information content (AvgIpc) is 2.20. The third-order valence-corrected chi connectivity index (χ3v) is 2.62. The molecule has 1 heteroatoms. The van der Waals surface area contributed by atoms with Crippen LogP contribution < -0.4 is 5.32 Å². The average molecular weight is 197 g/mol. The van der Waals surface area contributed by atoms with E-state index in [0.717, 1.165) is 19.0 Å². The van der Waals surface area contributed by atoms with Gasteiger partial charge >= 0.3 is 0 Å². The van der Waals surface area contributed by atoms with Gasteiger partial charge in [-0.3, -0.25) is 0 Å². The van der Waals surface area contributed by atoms with Gasteiger partial charge in [-0.05, 0) is 25.8 Å². The Morgan fingerprint density at radius 3 is 2.50 bits per heavy atom. The van der Waals surface area contributed by atoms with Gasteiger partial charge in [-0.1, -0.05) is 45.6 Å². The van der Waals surface area contributed by atoms with E-state index in [1.54, 1.807) is 0 Å². The summed E-state index contributed by atoms with van der Waals surface area (Å²) in [5.41, 5.74) is 0. The van der Waals surface area contributed by atoms with Crippen molar-refractivity contribution in [2.24, 2.45) is 0 Å². The fourth-order valence-corrected chi connectivity index (χ4v) is 1.77. The largest absolute Gasteiger partial charge is 0.314 e. The standard InChI is InChI=1S/C13H27N/c1-4-7-9-10-12-13(14-6-3)11-8-5-2/h5,13-14H,2,4,6-12H2,1,3H3. The van der Waals surface area contributed by atoms with E-state index in [4.69, 9.17) is 0 Å². The molecule has 14 heavy (non-hydrogen) atoms. The summed E-state index contributed by atoms with van der Waals surface area (Å²) in [6.07, 6.45) is 11.3. The minimum absolute atomic E-state index is 0.717. The van der Waals surface area contributed by atoms with Gasteiger partial charge in [-0.2, -0.15) is 0 Å². The highest BCUT2D eigenvalue weighted by Gasteiger charge is 2.04. The maximum Gasteiger partial charge on any atom is 0.00698 e. The molecule has 1 nitrogen and oxygen atoms in total. The lowest BCUT2D eigenvalue weighted by atomic mass is 10.0. The Kier molecular flexibility index (Phi) is 10.5. The molecule has 0 rings (SSSR count). The molecule has 1 atom stereocenters. The van der Waals surface area contributed by atoms with Gasteiger partial charge in [-0.15, -0.1) is 6.58 Å². The van der Waals surface area contributed by atoms with Gasteiger partial charge in [0.05, 0.1) is 0 Å². The van der Waals surface area contributed by atoms with Crippen molar-refractivity contribution < 1.29 is 0 Å². The Morgan fingerprint density at radius 1 is 1.14 bits per heavy atom. The van der Waals surface area contributed by atoms with Crippen LogP contribution in [0.4, 0.5) is 0 Å². The summed E-state index contributed by atoms with van der Waals surface area (Å²) in [6.45, 7) is 9.32. The molecular formula is C13H27N. The Labute approximate surface area is 90.0 Å². The monoisotopic (exact) mass is 197 g/mol. The van der Waals surface area contributed by atoms with Crippen molar-refractivity contribution in [1.29, 1.82) is 0 Å². The molecule has 0 bridgehead atoms. The van der Waals surface area contributed by atoms with E-state index < -0.39 is 0 Å². The molecule has 0 aliphatic rings. The zero-order chi connectivity index (χ0) is 10.6. The van der Waals surface area contributed by atoms with Crippen LogP contribution in [-0.4, -0.2) is 12.6 Å². The predicted octanol–water partition coefficient (Wildman–Crippen LogP) is 3.90. The van der Waals surface area contributed by atoms with Crippen molar-refractivity contribution >= 4 is 0 Å². The molecule has 0 aliphatic carbocycles. The van der Waals surface area contributed by atoms with Gasteiger partial charge in [0.2, 0.25) is 0 Å². The van der Waals surface area contributed by atoms with Crippen molar-refractivity contribution in [3.05, 3.63) is 12.7 Å². The fourth-order valence-electron chi connectivity index (χ4n) is 1.77. The summed E-state index contributed by atoms with van der Waals surface area (Å²) in [5.74, 6) is 0.